The lowest BCUT2D eigenvalue weighted by atomic mass is 10.3. The van der Waals surface area contributed by atoms with Crippen molar-refractivity contribution in [3.63, 3.8) is 0 Å². The third-order valence-electron chi connectivity index (χ3n) is 1.79. The average Bonchev–Trinajstić information content (AvgIpc) is 2.54. The molecule has 92 valence electrons. The molecule has 0 unspecified atom stereocenters. The highest BCUT2D eigenvalue weighted by Crippen LogP contribution is 2.18. The zero-order valence-electron chi connectivity index (χ0n) is 9.47. The summed E-state index contributed by atoms with van der Waals surface area (Å²) in [4.78, 5) is 21.8. The van der Waals surface area contributed by atoms with Gasteiger partial charge in [0.15, 0.2) is 0 Å². The summed E-state index contributed by atoms with van der Waals surface area (Å²) in [5.41, 5.74) is 0. The number of hydrogen-bond donors (Lipinski definition) is 0. The molecule has 0 aliphatic heterocycles. The Morgan fingerprint density at radius 3 is 1.71 bits per heavy atom. The normalized spacial score (nSPS) is 14.0. The second-order valence-corrected chi connectivity index (χ2v) is 2.94. The summed E-state index contributed by atoms with van der Waals surface area (Å²) >= 11 is 0. The second kappa shape index (κ2) is 6.37. The molecule has 0 radical (unpaired) electrons. The Bertz CT molecular complexity index is 355. The van der Waals surface area contributed by atoms with E-state index in [9.17, 15) is 9.59 Å². The smallest absolute Gasteiger partial charge is 0.437 e. The molecule has 0 spiro atoms. The number of carbonyl (C=O) groups is 2. The summed E-state index contributed by atoms with van der Waals surface area (Å²) in [6.45, 7) is 0. The van der Waals surface area contributed by atoms with E-state index >= 15 is 0 Å². The fourth-order valence-electron chi connectivity index (χ4n) is 1.05. The number of carbonyl (C=O) groups excluding carboxylic acids is 2. The molecule has 0 aromatic heterocycles. The Balaban J connectivity index is 2.63. The molecule has 0 saturated carbocycles. The molecule has 1 aliphatic rings. The third-order valence-corrected chi connectivity index (χ3v) is 1.79. The summed E-state index contributed by atoms with van der Waals surface area (Å²) in [7, 11) is 2.41. The van der Waals surface area contributed by atoms with Crippen LogP contribution in [0.4, 0.5) is 9.59 Å². The van der Waals surface area contributed by atoms with Gasteiger partial charge in [0.1, 0.15) is 11.5 Å². The highest BCUT2D eigenvalue weighted by Gasteiger charge is 2.14. The minimum absolute atomic E-state index is 0.150. The van der Waals surface area contributed by atoms with Gasteiger partial charge in [-0.15, -0.1) is 0 Å². The van der Waals surface area contributed by atoms with Gasteiger partial charge in [0.2, 0.25) is 0 Å². The van der Waals surface area contributed by atoms with Crippen molar-refractivity contribution < 1.29 is 28.5 Å². The molecule has 0 heterocycles. The third kappa shape index (κ3) is 4.42. The van der Waals surface area contributed by atoms with Crippen molar-refractivity contribution in [1.29, 1.82) is 0 Å². The molecule has 6 nitrogen and oxygen atoms in total. The standard InChI is InChI=1S/C11H12O6/c1-14-10(12)16-8-5-3-4-6-9(7-8)17-11(13)15-2/h3-6H,7H2,1-2H3. The lowest BCUT2D eigenvalue weighted by Gasteiger charge is -2.09. The molecule has 0 N–H and O–H groups in total. The first-order valence-corrected chi connectivity index (χ1v) is 4.73. The minimum atomic E-state index is -0.830. The Morgan fingerprint density at radius 1 is 0.941 bits per heavy atom. The van der Waals surface area contributed by atoms with Crippen molar-refractivity contribution in [2.75, 3.05) is 14.2 Å². The van der Waals surface area contributed by atoms with E-state index in [0.717, 1.165) is 0 Å². The summed E-state index contributed by atoms with van der Waals surface area (Å²) in [5.74, 6) is 0.613. The van der Waals surface area contributed by atoms with Crippen LogP contribution in [0.25, 0.3) is 0 Å². The van der Waals surface area contributed by atoms with E-state index in [1.165, 1.54) is 14.2 Å². The quantitative estimate of drug-likeness (QED) is 0.689. The van der Waals surface area contributed by atoms with Crippen molar-refractivity contribution in [2.45, 2.75) is 6.42 Å². The fraction of sp³-hybridized carbons (Fsp3) is 0.273. The highest BCUT2D eigenvalue weighted by molar-refractivity contribution is 5.62. The number of hydrogen-bond acceptors (Lipinski definition) is 6. The Labute approximate surface area is 98.1 Å². The SMILES string of the molecule is COC(=O)OC1=CC=CC=C(OC(=O)OC)C1. The molecule has 0 amide bonds. The van der Waals surface area contributed by atoms with Crippen LogP contribution in [0.15, 0.2) is 35.8 Å². The maximum atomic E-state index is 10.9. The molecule has 6 heteroatoms. The number of ether oxygens (including phenoxy) is 4. The van der Waals surface area contributed by atoms with E-state index in [1.54, 1.807) is 24.3 Å². The van der Waals surface area contributed by atoms with Crippen molar-refractivity contribution in [3.8, 4) is 0 Å². The monoisotopic (exact) mass is 240 g/mol. The van der Waals surface area contributed by atoms with E-state index < -0.39 is 12.3 Å². The van der Waals surface area contributed by atoms with Crippen LogP contribution in [0, 0.1) is 0 Å². The van der Waals surface area contributed by atoms with Gasteiger partial charge in [0.05, 0.1) is 20.6 Å². The molecular weight excluding hydrogens is 228 g/mol. The molecule has 0 saturated heterocycles. The van der Waals surface area contributed by atoms with Crippen LogP contribution in [0.3, 0.4) is 0 Å². The van der Waals surface area contributed by atoms with Crippen molar-refractivity contribution in [2.24, 2.45) is 0 Å². The van der Waals surface area contributed by atoms with Gasteiger partial charge in [-0.1, -0.05) is 12.2 Å². The van der Waals surface area contributed by atoms with Crippen molar-refractivity contribution >= 4 is 12.3 Å². The molecule has 1 aliphatic carbocycles. The van der Waals surface area contributed by atoms with Gasteiger partial charge >= 0.3 is 12.3 Å². The maximum Gasteiger partial charge on any atom is 0.513 e. The predicted molar refractivity (Wildman–Crippen MR) is 56.9 cm³/mol. The van der Waals surface area contributed by atoms with Gasteiger partial charge in [0.25, 0.3) is 0 Å². The van der Waals surface area contributed by atoms with Crippen LogP contribution in [0.5, 0.6) is 0 Å². The van der Waals surface area contributed by atoms with E-state index in [0.29, 0.717) is 11.5 Å². The molecule has 0 aromatic rings. The summed E-state index contributed by atoms with van der Waals surface area (Å²) < 4.78 is 18.4. The van der Waals surface area contributed by atoms with Gasteiger partial charge in [-0.2, -0.15) is 0 Å². The maximum absolute atomic E-state index is 10.9. The first-order valence-electron chi connectivity index (χ1n) is 4.73. The number of rotatable bonds is 2. The molecular formula is C11H12O6. The van der Waals surface area contributed by atoms with E-state index in [1.807, 2.05) is 0 Å². The Morgan fingerprint density at radius 2 is 1.35 bits per heavy atom. The first kappa shape index (κ1) is 12.8. The van der Waals surface area contributed by atoms with Crippen LogP contribution >= 0.6 is 0 Å². The summed E-state index contributed by atoms with van der Waals surface area (Å²) in [6, 6.07) is 0. The molecule has 1 rings (SSSR count). The topological polar surface area (TPSA) is 71.1 Å². The Kier molecular flexibility index (Phi) is 4.80. The molecule has 17 heavy (non-hydrogen) atoms. The zero-order valence-corrected chi connectivity index (χ0v) is 9.47. The number of methoxy groups -OCH3 is 2. The molecule has 0 aromatic carbocycles. The zero-order chi connectivity index (χ0) is 12.7. The largest absolute Gasteiger partial charge is 0.513 e. The number of allylic oxidation sites excluding steroid dienone is 4. The van der Waals surface area contributed by atoms with Gasteiger partial charge in [-0.05, 0) is 12.2 Å². The van der Waals surface area contributed by atoms with Gasteiger partial charge in [0, 0.05) is 0 Å². The fourth-order valence-corrected chi connectivity index (χ4v) is 1.05. The summed E-state index contributed by atoms with van der Waals surface area (Å²) in [5, 5.41) is 0. The van der Waals surface area contributed by atoms with E-state index in [4.69, 9.17) is 9.47 Å². The van der Waals surface area contributed by atoms with Crippen LogP contribution in [0.1, 0.15) is 6.42 Å². The lowest BCUT2D eigenvalue weighted by molar-refractivity contribution is 0.0863. The van der Waals surface area contributed by atoms with E-state index in [2.05, 4.69) is 9.47 Å². The van der Waals surface area contributed by atoms with Gasteiger partial charge < -0.3 is 18.9 Å². The summed E-state index contributed by atoms with van der Waals surface area (Å²) in [6.07, 6.45) is 4.92. The average molecular weight is 240 g/mol. The van der Waals surface area contributed by atoms with Crippen LogP contribution in [-0.2, 0) is 18.9 Å². The van der Waals surface area contributed by atoms with Gasteiger partial charge in [-0.25, -0.2) is 9.59 Å². The predicted octanol–water partition coefficient (Wildman–Crippen LogP) is 2.28. The first-order chi connectivity index (χ1) is 8.15. The van der Waals surface area contributed by atoms with Crippen LogP contribution in [-0.4, -0.2) is 26.5 Å². The van der Waals surface area contributed by atoms with Crippen molar-refractivity contribution in [1.82, 2.24) is 0 Å². The highest BCUT2D eigenvalue weighted by atomic mass is 16.7. The van der Waals surface area contributed by atoms with E-state index in [-0.39, 0.29) is 6.42 Å². The molecule has 0 atom stereocenters. The van der Waals surface area contributed by atoms with Gasteiger partial charge in [-0.3, -0.25) is 0 Å². The Hall–Kier alpha value is -2.24. The van der Waals surface area contributed by atoms with Crippen LogP contribution in [0.2, 0.25) is 0 Å². The van der Waals surface area contributed by atoms with Crippen molar-refractivity contribution in [3.05, 3.63) is 35.8 Å². The molecule has 0 bridgehead atoms. The minimum Gasteiger partial charge on any atom is -0.437 e. The second-order valence-electron chi connectivity index (χ2n) is 2.94. The lowest BCUT2D eigenvalue weighted by Crippen LogP contribution is -2.08. The van der Waals surface area contributed by atoms with Crippen LogP contribution < -0.4 is 0 Å². The molecule has 0 fully saturated rings.